The van der Waals surface area contributed by atoms with Crippen molar-refractivity contribution in [3.63, 3.8) is 0 Å². The second kappa shape index (κ2) is 9.95. The van der Waals surface area contributed by atoms with Gasteiger partial charge in [0, 0.05) is 28.1 Å². The summed E-state index contributed by atoms with van der Waals surface area (Å²) in [5, 5.41) is 4.22. The summed E-state index contributed by atoms with van der Waals surface area (Å²) in [5.41, 5.74) is 2.08. The molecule has 0 radical (unpaired) electrons. The van der Waals surface area contributed by atoms with Crippen LogP contribution in [0.3, 0.4) is 0 Å². The Hall–Kier alpha value is -1.36. The maximum Gasteiger partial charge on any atom is 0.260 e. The first-order valence-corrected chi connectivity index (χ1v) is 9.90. The van der Waals surface area contributed by atoms with Crippen LogP contribution in [-0.2, 0) is 10.5 Å². The number of carbonyl (C=O) groups is 1. The lowest BCUT2D eigenvalue weighted by atomic mass is 10.2. The van der Waals surface area contributed by atoms with Crippen LogP contribution in [0.4, 0.5) is 0 Å². The fourth-order valence-electron chi connectivity index (χ4n) is 2.11. The van der Waals surface area contributed by atoms with Crippen LogP contribution in [0.15, 0.2) is 42.5 Å². The molecular formula is C19H21Cl2NO2S. The molecule has 0 spiro atoms. The van der Waals surface area contributed by atoms with Crippen molar-refractivity contribution >= 4 is 40.9 Å². The van der Waals surface area contributed by atoms with Crippen molar-refractivity contribution in [2.45, 2.75) is 25.7 Å². The molecule has 6 heteroatoms. The first-order chi connectivity index (χ1) is 12.0. The fraction of sp³-hybridized carbons (Fsp3) is 0.316. The topological polar surface area (TPSA) is 38.3 Å². The van der Waals surface area contributed by atoms with E-state index >= 15 is 0 Å². The van der Waals surface area contributed by atoms with Gasteiger partial charge in [-0.25, -0.2) is 0 Å². The van der Waals surface area contributed by atoms with Gasteiger partial charge in [-0.2, -0.15) is 11.8 Å². The maximum atomic E-state index is 12.1. The molecule has 2 rings (SSSR count). The van der Waals surface area contributed by atoms with Gasteiger partial charge in [0.1, 0.15) is 5.75 Å². The van der Waals surface area contributed by atoms with Crippen LogP contribution in [-0.4, -0.2) is 24.3 Å². The fourth-order valence-corrected chi connectivity index (χ4v) is 3.70. The first-order valence-electron chi connectivity index (χ1n) is 7.99. The average molecular weight is 398 g/mol. The monoisotopic (exact) mass is 397 g/mol. The first kappa shape index (κ1) is 20.0. The molecule has 3 nitrogen and oxygen atoms in total. The van der Waals surface area contributed by atoms with E-state index in [9.17, 15) is 4.79 Å². The Morgan fingerprint density at radius 2 is 1.80 bits per heavy atom. The van der Waals surface area contributed by atoms with Gasteiger partial charge >= 0.3 is 0 Å². The largest absolute Gasteiger partial charge is 0.481 e. The number of aryl methyl sites for hydroxylation is 1. The van der Waals surface area contributed by atoms with Gasteiger partial charge in [0.2, 0.25) is 0 Å². The van der Waals surface area contributed by atoms with E-state index in [2.05, 4.69) is 5.32 Å². The van der Waals surface area contributed by atoms with Crippen molar-refractivity contribution in [2.24, 2.45) is 0 Å². The van der Waals surface area contributed by atoms with Crippen molar-refractivity contribution < 1.29 is 9.53 Å². The SMILES string of the molecule is Cc1ccc(O[C@H](C)C(=O)NCCSCc2c(Cl)cccc2Cl)cc1. The van der Waals surface area contributed by atoms with E-state index in [1.165, 1.54) is 0 Å². The van der Waals surface area contributed by atoms with E-state index in [0.717, 1.165) is 16.9 Å². The highest BCUT2D eigenvalue weighted by molar-refractivity contribution is 7.98. The molecule has 0 aliphatic carbocycles. The highest BCUT2D eigenvalue weighted by Gasteiger charge is 2.14. The minimum Gasteiger partial charge on any atom is -0.481 e. The second-order valence-electron chi connectivity index (χ2n) is 5.62. The molecule has 1 amide bonds. The van der Waals surface area contributed by atoms with E-state index in [0.29, 0.717) is 28.1 Å². The third-order valence-electron chi connectivity index (χ3n) is 3.56. The molecule has 0 aliphatic heterocycles. The van der Waals surface area contributed by atoms with Gasteiger partial charge in [-0.15, -0.1) is 0 Å². The molecule has 2 aromatic rings. The van der Waals surface area contributed by atoms with Crippen LogP contribution in [0, 0.1) is 6.92 Å². The molecule has 0 fully saturated rings. The summed E-state index contributed by atoms with van der Waals surface area (Å²) >= 11 is 13.9. The van der Waals surface area contributed by atoms with Crippen molar-refractivity contribution in [3.05, 3.63) is 63.6 Å². The molecule has 0 unspecified atom stereocenters. The number of hydrogen-bond acceptors (Lipinski definition) is 3. The molecule has 1 N–H and O–H groups in total. The normalized spacial score (nSPS) is 11.8. The number of halogens is 2. The highest BCUT2D eigenvalue weighted by Crippen LogP contribution is 2.27. The third-order valence-corrected chi connectivity index (χ3v) is 5.25. The minimum atomic E-state index is -0.536. The summed E-state index contributed by atoms with van der Waals surface area (Å²) in [7, 11) is 0. The smallest absolute Gasteiger partial charge is 0.260 e. The highest BCUT2D eigenvalue weighted by atomic mass is 35.5. The lowest BCUT2D eigenvalue weighted by Crippen LogP contribution is -2.37. The summed E-state index contributed by atoms with van der Waals surface area (Å²) in [6.07, 6.45) is -0.536. The zero-order valence-corrected chi connectivity index (χ0v) is 16.5. The van der Waals surface area contributed by atoms with Crippen molar-refractivity contribution in [3.8, 4) is 5.75 Å². The maximum absolute atomic E-state index is 12.1. The second-order valence-corrected chi connectivity index (χ2v) is 7.54. The number of nitrogens with one attached hydrogen (secondary N) is 1. The van der Waals surface area contributed by atoms with Crippen LogP contribution < -0.4 is 10.1 Å². The standard InChI is InChI=1S/C19H21Cl2NO2S/c1-13-6-8-15(9-7-13)24-14(2)19(23)22-10-11-25-12-16-17(20)4-3-5-18(16)21/h3-9,14H,10-12H2,1-2H3,(H,22,23)/t14-/m1/s1. The number of amides is 1. The van der Waals surface area contributed by atoms with Gasteiger partial charge in [0.05, 0.1) is 0 Å². The predicted molar refractivity (Wildman–Crippen MR) is 107 cm³/mol. The van der Waals surface area contributed by atoms with Gasteiger partial charge in [0.15, 0.2) is 6.10 Å². The number of rotatable bonds is 8. The summed E-state index contributed by atoms with van der Waals surface area (Å²) in [4.78, 5) is 12.1. The molecule has 0 aromatic heterocycles. The molecule has 134 valence electrons. The van der Waals surface area contributed by atoms with Crippen molar-refractivity contribution in [2.75, 3.05) is 12.3 Å². The van der Waals surface area contributed by atoms with E-state index in [-0.39, 0.29) is 5.91 Å². The molecule has 0 heterocycles. The van der Waals surface area contributed by atoms with E-state index in [1.807, 2.05) is 49.4 Å². The van der Waals surface area contributed by atoms with E-state index in [4.69, 9.17) is 27.9 Å². The van der Waals surface area contributed by atoms with Crippen LogP contribution in [0.2, 0.25) is 10.0 Å². The molecule has 0 saturated carbocycles. The Bertz CT molecular complexity index is 687. The molecular weight excluding hydrogens is 377 g/mol. The summed E-state index contributed by atoms with van der Waals surface area (Å²) < 4.78 is 5.64. The Labute approximate surface area is 163 Å². The zero-order valence-electron chi connectivity index (χ0n) is 14.2. The van der Waals surface area contributed by atoms with Crippen molar-refractivity contribution in [1.29, 1.82) is 0 Å². The molecule has 0 saturated heterocycles. The van der Waals surface area contributed by atoms with E-state index in [1.54, 1.807) is 18.7 Å². The van der Waals surface area contributed by atoms with Crippen LogP contribution in [0.1, 0.15) is 18.1 Å². The Balaban J connectivity index is 1.68. The lowest BCUT2D eigenvalue weighted by Gasteiger charge is -2.15. The predicted octanol–water partition coefficient (Wildman–Crippen LogP) is 5.12. The number of hydrogen-bond donors (Lipinski definition) is 1. The van der Waals surface area contributed by atoms with Crippen LogP contribution in [0.25, 0.3) is 0 Å². The molecule has 2 aromatic carbocycles. The van der Waals surface area contributed by atoms with Crippen molar-refractivity contribution in [1.82, 2.24) is 5.32 Å². The zero-order chi connectivity index (χ0) is 18.2. The molecule has 25 heavy (non-hydrogen) atoms. The van der Waals surface area contributed by atoms with E-state index < -0.39 is 6.10 Å². The molecule has 0 bridgehead atoms. The third kappa shape index (κ3) is 6.46. The summed E-state index contributed by atoms with van der Waals surface area (Å²) in [6, 6.07) is 13.1. The summed E-state index contributed by atoms with van der Waals surface area (Å²) in [6.45, 7) is 4.31. The minimum absolute atomic E-state index is 0.128. The number of benzene rings is 2. The van der Waals surface area contributed by atoms with Gasteiger partial charge in [0.25, 0.3) is 5.91 Å². The quantitative estimate of drug-likeness (QED) is 0.628. The number of ether oxygens (including phenoxy) is 1. The molecule has 0 aliphatic rings. The van der Waals surface area contributed by atoms with Gasteiger partial charge < -0.3 is 10.1 Å². The lowest BCUT2D eigenvalue weighted by molar-refractivity contribution is -0.127. The van der Waals surface area contributed by atoms with Gasteiger partial charge in [-0.1, -0.05) is 47.0 Å². The van der Waals surface area contributed by atoms with Gasteiger partial charge in [-0.3, -0.25) is 4.79 Å². The Morgan fingerprint density at radius 1 is 1.16 bits per heavy atom. The van der Waals surface area contributed by atoms with Crippen LogP contribution in [0.5, 0.6) is 5.75 Å². The number of carbonyl (C=O) groups excluding carboxylic acids is 1. The number of thioether (sulfide) groups is 1. The summed E-state index contributed by atoms with van der Waals surface area (Å²) in [5.74, 6) is 2.04. The average Bonchev–Trinajstić information content (AvgIpc) is 2.58. The van der Waals surface area contributed by atoms with Gasteiger partial charge in [-0.05, 0) is 43.7 Å². The molecule has 1 atom stereocenters. The Kier molecular flexibility index (Phi) is 7.94. The van der Waals surface area contributed by atoms with Crippen LogP contribution >= 0.6 is 35.0 Å². The Morgan fingerprint density at radius 3 is 2.44 bits per heavy atom.